The number of amides is 1. The minimum absolute atomic E-state index is 0. The van der Waals surface area contributed by atoms with Crippen LogP contribution in [0.1, 0.15) is 23.1 Å². The largest absolute Gasteiger partial charge is 2.00 e. The second kappa shape index (κ2) is 8.51. The molecule has 1 amide bonds. The zero-order valence-electron chi connectivity index (χ0n) is 11.6. The van der Waals surface area contributed by atoms with Crippen LogP contribution >= 0.6 is 0 Å². The molecule has 0 aliphatic rings. The molecule has 0 aromatic carbocycles. The van der Waals surface area contributed by atoms with Crippen molar-refractivity contribution in [3.8, 4) is 0 Å². The predicted octanol–water partition coefficient (Wildman–Crippen LogP) is -1.20. The van der Waals surface area contributed by atoms with Gasteiger partial charge in [-0.2, -0.15) is 0 Å². The molecule has 0 spiro atoms. The molecule has 0 bridgehead atoms. The van der Waals surface area contributed by atoms with Crippen LogP contribution in [-0.2, 0) is 9.59 Å². The van der Waals surface area contributed by atoms with Gasteiger partial charge in [0.05, 0.1) is 13.0 Å². The number of aliphatic hydroxyl groups is 2. The molecule has 0 radical (unpaired) electrons. The summed E-state index contributed by atoms with van der Waals surface area (Å²) in [5.74, 6) is -1.69. The van der Waals surface area contributed by atoms with Crippen molar-refractivity contribution in [1.82, 2.24) is 5.32 Å². The van der Waals surface area contributed by atoms with Crippen LogP contribution in [0.3, 0.4) is 0 Å². The van der Waals surface area contributed by atoms with Gasteiger partial charge in [0.15, 0.2) is 0 Å². The van der Waals surface area contributed by atoms with Gasteiger partial charge in [0.25, 0.3) is 0 Å². The third kappa shape index (κ3) is 6.90. The Morgan fingerprint density at radius 3 is 2.31 bits per heavy atom. The van der Waals surface area contributed by atoms with E-state index in [1.807, 2.05) is 0 Å². The first-order valence-corrected chi connectivity index (χ1v) is 4.59. The number of aliphatic hydroxyl groups excluding tert-OH is 2. The van der Waals surface area contributed by atoms with Gasteiger partial charge < -0.3 is 23.5 Å². The van der Waals surface area contributed by atoms with Gasteiger partial charge >= 0.3 is 54.9 Å². The summed E-state index contributed by atoms with van der Waals surface area (Å²) in [5.41, 5.74) is -0.937. The zero-order valence-corrected chi connectivity index (χ0v) is 14.0. The fourth-order valence-electron chi connectivity index (χ4n) is 0.831. The summed E-state index contributed by atoms with van der Waals surface area (Å²) in [6.45, 7) is 2.70. The second-order valence-corrected chi connectivity index (χ2v) is 3.98. The van der Waals surface area contributed by atoms with Gasteiger partial charge in [0.1, 0.15) is 6.10 Å². The first-order valence-electron chi connectivity index (χ1n) is 4.59. The van der Waals surface area contributed by atoms with Crippen LogP contribution in [0.25, 0.3) is 0 Å². The Balaban J connectivity index is -0.000000327. The van der Waals surface area contributed by atoms with E-state index < -0.39 is 23.4 Å². The van der Waals surface area contributed by atoms with Gasteiger partial charge in [-0.05, 0) is 0 Å². The molecule has 16 heavy (non-hydrogen) atoms. The van der Waals surface area contributed by atoms with Crippen molar-refractivity contribution < 1.29 is 27.8 Å². The SMILES string of the molecule is CC(C)(CO)[C@@H](O)C(=O)NCCC(=O)O.[Ba+2].[H-].[H-]. The van der Waals surface area contributed by atoms with Crippen LogP contribution in [0.5, 0.6) is 0 Å². The Hall–Kier alpha value is 0.431. The van der Waals surface area contributed by atoms with Crippen LogP contribution in [0.2, 0.25) is 0 Å². The maximum absolute atomic E-state index is 11.3. The molecule has 0 aliphatic carbocycles. The Kier molecular flexibility index (Phi) is 9.99. The molecular formula is C9H19BaNO5. The maximum Gasteiger partial charge on any atom is 2.00 e. The van der Waals surface area contributed by atoms with Gasteiger partial charge in [-0.15, -0.1) is 0 Å². The summed E-state index contributed by atoms with van der Waals surface area (Å²) >= 11 is 0. The van der Waals surface area contributed by atoms with Gasteiger partial charge in [0, 0.05) is 12.0 Å². The topological polar surface area (TPSA) is 107 Å². The summed E-state index contributed by atoms with van der Waals surface area (Å²) in [4.78, 5) is 21.4. The minimum atomic E-state index is -1.35. The molecule has 0 fully saturated rings. The van der Waals surface area contributed by atoms with E-state index in [0.29, 0.717) is 0 Å². The van der Waals surface area contributed by atoms with Crippen molar-refractivity contribution in [3.05, 3.63) is 0 Å². The molecule has 7 heteroatoms. The van der Waals surface area contributed by atoms with Gasteiger partial charge in [-0.3, -0.25) is 9.59 Å². The summed E-state index contributed by atoms with van der Waals surface area (Å²) in [6, 6.07) is 0. The molecule has 0 aliphatic heterocycles. The van der Waals surface area contributed by atoms with E-state index in [4.69, 9.17) is 10.2 Å². The fraction of sp³-hybridized carbons (Fsp3) is 0.778. The number of rotatable bonds is 6. The number of carboxylic acid groups (broad SMARTS) is 1. The number of carboxylic acids is 1. The summed E-state index contributed by atoms with van der Waals surface area (Å²) in [7, 11) is 0. The van der Waals surface area contributed by atoms with Crippen molar-refractivity contribution in [2.45, 2.75) is 26.4 Å². The Labute approximate surface area is 137 Å². The molecule has 0 rings (SSSR count). The second-order valence-electron chi connectivity index (χ2n) is 3.98. The number of carbonyl (C=O) groups is 2. The molecule has 0 aromatic rings. The predicted molar refractivity (Wildman–Crippen MR) is 60.1 cm³/mol. The molecule has 0 saturated carbocycles. The number of hydrogen-bond acceptors (Lipinski definition) is 4. The van der Waals surface area contributed by atoms with E-state index in [0.717, 1.165) is 0 Å². The normalized spacial score (nSPS) is 12.5. The van der Waals surface area contributed by atoms with Crippen LogP contribution in [0.4, 0.5) is 0 Å². The molecule has 1 atom stereocenters. The standard InChI is InChI=1S/C9H17NO5.Ba.2H/c1-9(2,5-11)7(14)8(15)10-4-3-6(12)13;;;/h7,11,14H,3-5H2,1-2H3,(H,10,15)(H,12,13);;;/q;+2;2*-1/t7-;;;/m0.../s1. The van der Waals surface area contributed by atoms with Crippen LogP contribution in [-0.4, -0.2) is 95.3 Å². The van der Waals surface area contributed by atoms with Gasteiger partial charge in [0.2, 0.25) is 5.91 Å². The average Bonchev–Trinajstić information content (AvgIpc) is 2.15. The first kappa shape index (κ1) is 18.8. The van der Waals surface area contributed by atoms with Crippen molar-refractivity contribution in [2.75, 3.05) is 13.2 Å². The Morgan fingerprint density at radius 1 is 1.44 bits per heavy atom. The minimum Gasteiger partial charge on any atom is -1.00 e. The molecule has 0 aromatic heterocycles. The molecule has 6 nitrogen and oxygen atoms in total. The molecule has 0 saturated heterocycles. The van der Waals surface area contributed by atoms with E-state index in [9.17, 15) is 14.7 Å². The molecule has 92 valence electrons. The Morgan fingerprint density at radius 2 is 1.94 bits per heavy atom. The molecule has 4 N–H and O–H groups in total. The summed E-state index contributed by atoms with van der Waals surface area (Å²) in [5, 5.41) is 29.0. The van der Waals surface area contributed by atoms with E-state index in [2.05, 4.69) is 5.32 Å². The van der Waals surface area contributed by atoms with Gasteiger partial charge in [-0.1, -0.05) is 13.8 Å². The summed E-state index contributed by atoms with van der Waals surface area (Å²) < 4.78 is 0. The van der Waals surface area contributed by atoms with Crippen LogP contribution in [0.15, 0.2) is 0 Å². The number of nitrogens with one attached hydrogen (secondary N) is 1. The third-order valence-electron chi connectivity index (χ3n) is 2.03. The summed E-state index contributed by atoms with van der Waals surface area (Å²) in [6.07, 6.45) is -1.55. The molecule has 0 heterocycles. The molecular weight excluding hydrogens is 339 g/mol. The Bertz CT molecular complexity index is 253. The quantitative estimate of drug-likeness (QED) is 0.446. The van der Waals surface area contributed by atoms with Crippen LogP contribution in [0, 0.1) is 5.41 Å². The maximum atomic E-state index is 11.3. The number of aliphatic carboxylic acids is 1. The van der Waals surface area contributed by atoms with Crippen molar-refractivity contribution in [2.24, 2.45) is 5.41 Å². The average molecular weight is 359 g/mol. The number of hydrogen-bond donors (Lipinski definition) is 4. The number of carbonyl (C=O) groups excluding carboxylic acids is 1. The molecule has 0 unspecified atom stereocenters. The van der Waals surface area contributed by atoms with Crippen molar-refractivity contribution in [1.29, 1.82) is 0 Å². The van der Waals surface area contributed by atoms with Gasteiger partial charge in [-0.25, -0.2) is 0 Å². The van der Waals surface area contributed by atoms with Crippen molar-refractivity contribution >= 4 is 60.8 Å². The van der Waals surface area contributed by atoms with E-state index >= 15 is 0 Å². The first-order chi connectivity index (χ1) is 6.81. The van der Waals surface area contributed by atoms with Crippen molar-refractivity contribution in [3.63, 3.8) is 0 Å². The van der Waals surface area contributed by atoms with Crippen LogP contribution < -0.4 is 5.32 Å². The fourth-order valence-corrected chi connectivity index (χ4v) is 0.831. The van der Waals surface area contributed by atoms with E-state index in [-0.39, 0.29) is 71.3 Å². The smallest absolute Gasteiger partial charge is 1.00 e. The monoisotopic (exact) mass is 359 g/mol. The van der Waals surface area contributed by atoms with E-state index in [1.165, 1.54) is 13.8 Å². The zero-order chi connectivity index (χ0) is 12.1. The van der Waals surface area contributed by atoms with E-state index in [1.54, 1.807) is 0 Å². The third-order valence-corrected chi connectivity index (χ3v) is 2.03.